The summed E-state index contributed by atoms with van der Waals surface area (Å²) in [6, 6.07) is 1.92. The van der Waals surface area contributed by atoms with Crippen molar-refractivity contribution < 1.29 is 19.1 Å². The lowest BCUT2D eigenvalue weighted by Crippen LogP contribution is -2.16. The monoisotopic (exact) mass is 241 g/mol. The van der Waals surface area contributed by atoms with Crippen molar-refractivity contribution in [2.24, 2.45) is 5.92 Å². The van der Waals surface area contributed by atoms with Gasteiger partial charge >= 0.3 is 11.9 Å². The fourth-order valence-corrected chi connectivity index (χ4v) is 1.12. The van der Waals surface area contributed by atoms with E-state index in [2.05, 4.69) is 0 Å². The summed E-state index contributed by atoms with van der Waals surface area (Å²) in [5.41, 5.74) is 0. The van der Waals surface area contributed by atoms with Gasteiger partial charge in [0.15, 0.2) is 0 Å². The molecule has 17 heavy (non-hydrogen) atoms. The molecule has 0 bridgehead atoms. The molecule has 96 valence electrons. The van der Waals surface area contributed by atoms with Gasteiger partial charge < -0.3 is 9.47 Å². The second kappa shape index (κ2) is 9.64. The summed E-state index contributed by atoms with van der Waals surface area (Å²) in [4.78, 5) is 22.5. The molecular weight excluding hydrogens is 222 g/mol. The smallest absolute Gasteiger partial charge is 0.307 e. The second-order valence-electron chi connectivity index (χ2n) is 3.68. The SMILES string of the molecule is CCCOC(=O)CC(C#N)CC(=O)OCCC. The minimum absolute atomic E-state index is 0.0578. The van der Waals surface area contributed by atoms with Gasteiger partial charge in [0, 0.05) is 0 Å². The standard InChI is InChI=1S/C12H19NO4/c1-3-5-16-11(14)7-10(9-13)8-12(15)17-6-4-2/h10H,3-8H2,1-2H3. The summed E-state index contributed by atoms with van der Waals surface area (Å²) in [5, 5.41) is 8.81. The van der Waals surface area contributed by atoms with Gasteiger partial charge in [-0.3, -0.25) is 9.59 Å². The Labute approximate surface area is 102 Å². The van der Waals surface area contributed by atoms with Crippen LogP contribution in [0.15, 0.2) is 0 Å². The number of esters is 2. The Balaban J connectivity index is 3.95. The van der Waals surface area contributed by atoms with Crippen LogP contribution in [0.1, 0.15) is 39.5 Å². The summed E-state index contributed by atoms with van der Waals surface area (Å²) in [5.74, 6) is -1.55. The van der Waals surface area contributed by atoms with E-state index in [0.717, 1.165) is 12.8 Å². The van der Waals surface area contributed by atoms with Crippen molar-refractivity contribution in [1.29, 1.82) is 5.26 Å². The van der Waals surface area contributed by atoms with E-state index in [1.165, 1.54) is 0 Å². The highest BCUT2D eigenvalue weighted by molar-refractivity contribution is 5.73. The molecule has 0 radical (unpaired) electrons. The molecule has 5 heteroatoms. The predicted octanol–water partition coefficient (Wildman–Crippen LogP) is 1.81. The van der Waals surface area contributed by atoms with Crippen LogP contribution in [-0.4, -0.2) is 25.2 Å². The van der Waals surface area contributed by atoms with Crippen molar-refractivity contribution in [1.82, 2.24) is 0 Å². The van der Waals surface area contributed by atoms with E-state index in [1.54, 1.807) is 0 Å². The summed E-state index contributed by atoms with van der Waals surface area (Å²) in [6.45, 7) is 4.46. The number of nitrogens with zero attached hydrogens (tertiary/aromatic N) is 1. The van der Waals surface area contributed by atoms with E-state index in [1.807, 2.05) is 19.9 Å². The molecule has 0 aromatic rings. The third kappa shape index (κ3) is 8.26. The highest BCUT2D eigenvalue weighted by Gasteiger charge is 2.18. The van der Waals surface area contributed by atoms with E-state index in [4.69, 9.17) is 14.7 Å². The van der Waals surface area contributed by atoms with Crippen molar-refractivity contribution in [3.63, 3.8) is 0 Å². The zero-order chi connectivity index (χ0) is 13.1. The first-order valence-electron chi connectivity index (χ1n) is 5.84. The molecular formula is C12H19NO4. The summed E-state index contributed by atoms with van der Waals surface area (Å²) in [6.07, 6.45) is 1.36. The largest absolute Gasteiger partial charge is 0.466 e. The van der Waals surface area contributed by atoms with E-state index >= 15 is 0 Å². The molecule has 0 N–H and O–H groups in total. The minimum atomic E-state index is -0.663. The minimum Gasteiger partial charge on any atom is -0.466 e. The molecule has 0 rings (SSSR count). The first-order chi connectivity index (χ1) is 8.13. The Morgan fingerprint density at radius 3 is 1.76 bits per heavy atom. The molecule has 0 saturated heterocycles. The number of ether oxygens (including phenoxy) is 2. The molecule has 0 fully saturated rings. The van der Waals surface area contributed by atoms with Crippen molar-refractivity contribution in [3.8, 4) is 6.07 Å². The molecule has 0 aromatic carbocycles. The number of hydrogen-bond acceptors (Lipinski definition) is 5. The van der Waals surface area contributed by atoms with Gasteiger partial charge in [0.1, 0.15) is 0 Å². The first-order valence-corrected chi connectivity index (χ1v) is 5.84. The maximum Gasteiger partial charge on any atom is 0.307 e. The Morgan fingerprint density at radius 1 is 1.06 bits per heavy atom. The molecule has 5 nitrogen and oxygen atoms in total. The fraction of sp³-hybridized carbons (Fsp3) is 0.750. The van der Waals surface area contributed by atoms with Gasteiger partial charge in [0.05, 0.1) is 38.0 Å². The van der Waals surface area contributed by atoms with E-state index < -0.39 is 17.9 Å². The lowest BCUT2D eigenvalue weighted by atomic mass is 10.0. The first kappa shape index (κ1) is 15.4. The average molecular weight is 241 g/mol. The molecule has 0 aliphatic heterocycles. The second-order valence-corrected chi connectivity index (χ2v) is 3.68. The number of nitriles is 1. The van der Waals surface area contributed by atoms with Gasteiger partial charge in [-0.05, 0) is 12.8 Å². The maximum absolute atomic E-state index is 11.2. The van der Waals surface area contributed by atoms with E-state index in [9.17, 15) is 9.59 Å². The third-order valence-electron chi connectivity index (χ3n) is 1.94. The fourth-order valence-electron chi connectivity index (χ4n) is 1.12. The number of carbonyl (C=O) groups is 2. The number of rotatable bonds is 8. The average Bonchev–Trinajstić information content (AvgIpc) is 2.32. The van der Waals surface area contributed by atoms with Crippen molar-refractivity contribution in [3.05, 3.63) is 0 Å². The van der Waals surface area contributed by atoms with Gasteiger partial charge in [-0.25, -0.2) is 0 Å². The Morgan fingerprint density at radius 2 is 1.47 bits per heavy atom. The summed E-state index contributed by atoms with van der Waals surface area (Å²) in [7, 11) is 0. The highest BCUT2D eigenvalue weighted by Crippen LogP contribution is 2.10. The molecule has 0 atom stereocenters. The molecule has 0 unspecified atom stereocenters. The molecule has 0 aliphatic carbocycles. The van der Waals surface area contributed by atoms with E-state index in [-0.39, 0.29) is 12.8 Å². The normalized spacial score (nSPS) is 9.76. The van der Waals surface area contributed by atoms with Gasteiger partial charge in [-0.2, -0.15) is 5.26 Å². The lowest BCUT2D eigenvalue weighted by Gasteiger charge is -2.08. The predicted molar refractivity (Wildman–Crippen MR) is 60.8 cm³/mol. The Kier molecular flexibility index (Phi) is 8.75. The van der Waals surface area contributed by atoms with Crippen LogP contribution < -0.4 is 0 Å². The molecule has 0 aromatic heterocycles. The van der Waals surface area contributed by atoms with Gasteiger partial charge in [-0.15, -0.1) is 0 Å². The molecule has 0 heterocycles. The van der Waals surface area contributed by atoms with Crippen LogP contribution in [0.4, 0.5) is 0 Å². The van der Waals surface area contributed by atoms with Gasteiger partial charge in [-0.1, -0.05) is 13.8 Å². The zero-order valence-corrected chi connectivity index (χ0v) is 10.4. The van der Waals surface area contributed by atoms with Gasteiger partial charge in [0.25, 0.3) is 0 Å². The van der Waals surface area contributed by atoms with Crippen molar-refractivity contribution in [2.45, 2.75) is 39.5 Å². The van der Waals surface area contributed by atoms with Gasteiger partial charge in [0.2, 0.25) is 0 Å². The van der Waals surface area contributed by atoms with E-state index in [0.29, 0.717) is 13.2 Å². The van der Waals surface area contributed by atoms with Crippen LogP contribution in [0.3, 0.4) is 0 Å². The summed E-state index contributed by atoms with van der Waals surface area (Å²) < 4.78 is 9.69. The van der Waals surface area contributed by atoms with Crippen molar-refractivity contribution in [2.75, 3.05) is 13.2 Å². The topological polar surface area (TPSA) is 76.4 Å². The van der Waals surface area contributed by atoms with Crippen LogP contribution in [0.2, 0.25) is 0 Å². The Hall–Kier alpha value is -1.57. The molecule has 0 spiro atoms. The van der Waals surface area contributed by atoms with Crippen LogP contribution in [-0.2, 0) is 19.1 Å². The maximum atomic E-state index is 11.2. The number of carbonyl (C=O) groups excluding carboxylic acids is 2. The van der Waals surface area contributed by atoms with Crippen LogP contribution in [0.5, 0.6) is 0 Å². The highest BCUT2D eigenvalue weighted by atomic mass is 16.5. The lowest BCUT2D eigenvalue weighted by molar-refractivity contribution is -0.146. The molecule has 0 saturated carbocycles. The van der Waals surface area contributed by atoms with Crippen LogP contribution >= 0.6 is 0 Å². The Bertz CT molecular complexity index is 261. The van der Waals surface area contributed by atoms with Crippen LogP contribution in [0.25, 0.3) is 0 Å². The molecule has 0 aliphatic rings. The number of hydrogen-bond donors (Lipinski definition) is 0. The third-order valence-corrected chi connectivity index (χ3v) is 1.94. The quantitative estimate of drug-likeness (QED) is 0.606. The zero-order valence-electron chi connectivity index (χ0n) is 10.4. The molecule has 0 amide bonds. The van der Waals surface area contributed by atoms with Crippen LogP contribution in [0, 0.1) is 17.2 Å². The summed E-state index contributed by atoms with van der Waals surface area (Å²) >= 11 is 0. The van der Waals surface area contributed by atoms with Crippen molar-refractivity contribution >= 4 is 11.9 Å².